The summed E-state index contributed by atoms with van der Waals surface area (Å²) in [6.45, 7) is 0. The fourth-order valence-corrected chi connectivity index (χ4v) is 3.62. The Morgan fingerprint density at radius 1 is 1.29 bits per heavy atom. The van der Waals surface area contributed by atoms with Crippen LogP contribution in [0.15, 0.2) is 39.8 Å². The van der Waals surface area contributed by atoms with Crippen LogP contribution in [0.2, 0.25) is 10.2 Å². The summed E-state index contributed by atoms with van der Waals surface area (Å²) in [5.74, 6) is 0. The quantitative estimate of drug-likeness (QED) is 0.785. The molecule has 9 heteroatoms. The molecule has 0 aliphatic carbocycles. The number of pyridine rings is 1. The maximum absolute atomic E-state index is 12.3. The van der Waals surface area contributed by atoms with Gasteiger partial charge in [0.25, 0.3) is 10.0 Å². The number of aromatic nitrogens is 1. The number of benzene rings is 1. The van der Waals surface area contributed by atoms with E-state index in [4.69, 9.17) is 28.5 Å². The predicted molar refractivity (Wildman–Crippen MR) is 83.9 cm³/mol. The van der Waals surface area contributed by atoms with Gasteiger partial charge in [-0.15, -0.1) is 0 Å². The number of hydrogen-bond donors (Lipinski definition) is 1. The van der Waals surface area contributed by atoms with Crippen LogP contribution in [0.25, 0.3) is 0 Å². The summed E-state index contributed by atoms with van der Waals surface area (Å²) in [7, 11) is -3.94. The number of nitrogens with one attached hydrogen (secondary N) is 1. The van der Waals surface area contributed by atoms with Crippen molar-refractivity contribution < 1.29 is 8.42 Å². The van der Waals surface area contributed by atoms with E-state index >= 15 is 0 Å². The summed E-state index contributed by atoms with van der Waals surface area (Å²) in [4.78, 5) is 3.67. The molecule has 21 heavy (non-hydrogen) atoms. The van der Waals surface area contributed by atoms with Crippen LogP contribution in [-0.4, -0.2) is 13.4 Å². The van der Waals surface area contributed by atoms with Crippen molar-refractivity contribution in [2.75, 3.05) is 4.72 Å². The highest BCUT2D eigenvalue weighted by Crippen LogP contribution is 2.28. The highest BCUT2D eigenvalue weighted by atomic mass is 79.9. The van der Waals surface area contributed by atoms with Crippen LogP contribution in [0.5, 0.6) is 0 Å². The van der Waals surface area contributed by atoms with Gasteiger partial charge in [0.05, 0.1) is 22.3 Å². The molecule has 2 rings (SSSR count). The second-order valence-electron chi connectivity index (χ2n) is 3.85. The normalized spacial score (nSPS) is 11.0. The van der Waals surface area contributed by atoms with Crippen LogP contribution < -0.4 is 4.72 Å². The molecule has 0 aliphatic heterocycles. The molecular weight excluding hydrogens is 401 g/mol. The van der Waals surface area contributed by atoms with E-state index in [0.29, 0.717) is 4.47 Å². The molecule has 0 radical (unpaired) electrons. The summed E-state index contributed by atoms with van der Waals surface area (Å²) in [5, 5.41) is 8.70. The number of halogens is 3. The number of nitrogens with zero attached hydrogens (tertiary/aromatic N) is 2. The minimum Gasteiger partial charge on any atom is -0.276 e. The minimum absolute atomic E-state index is 0.00606. The number of hydrogen-bond acceptors (Lipinski definition) is 4. The van der Waals surface area contributed by atoms with Crippen LogP contribution in [0.3, 0.4) is 0 Å². The summed E-state index contributed by atoms with van der Waals surface area (Å²) in [6, 6.07) is 7.24. The van der Waals surface area contributed by atoms with Gasteiger partial charge in [-0.25, -0.2) is 13.4 Å². The Morgan fingerprint density at radius 2 is 2.00 bits per heavy atom. The molecule has 0 unspecified atom stereocenters. The molecule has 0 fully saturated rings. The molecule has 1 aromatic carbocycles. The second kappa shape index (κ2) is 6.20. The Morgan fingerprint density at radius 3 is 2.62 bits per heavy atom. The average molecular weight is 407 g/mol. The number of nitriles is 1. The van der Waals surface area contributed by atoms with Crippen LogP contribution in [0.4, 0.5) is 5.69 Å². The maximum atomic E-state index is 12.3. The van der Waals surface area contributed by atoms with Gasteiger partial charge in [-0.3, -0.25) is 4.72 Å². The van der Waals surface area contributed by atoms with Gasteiger partial charge in [-0.05, 0) is 40.2 Å². The molecule has 5 nitrogen and oxygen atoms in total. The molecule has 1 heterocycles. The maximum Gasteiger partial charge on any atom is 0.263 e. The molecule has 0 atom stereocenters. The highest BCUT2D eigenvalue weighted by molar-refractivity contribution is 9.10. The van der Waals surface area contributed by atoms with E-state index in [2.05, 4.69) is 25.6 Å². The first kappa shape index (κ1) is 16.0. The van der Waals surface area contributed by atoms with Gasteiger partial charge >= 0.3 is 0 Å². The third-order valence-corrected chi connectivity index (χ3v) is 4.98. The topological polar surface area (TPSA) is 82.8 Å². The molecule has 0 spiro atoms. The highest BCUT2D eigenvalue weighted by Gasteiger charge is 2.20. The zero-order valence-electron chi connectivity index (χ0n) is 10.1. The summed E-state index contributed by atoms with van der Waals surface area (Å²) < 4.78 is 27.5. The van der Waals surface area contributed by atoms with Gasteiger partial charge in [-0.2, -0.15) is 5.26 Å². The Bertz CT molecular complexity index is 850. The Hall–Kier alpha value is -1.33. The fourth-order valence-electron chi connectivity index (χ4n) is 1.48. The first-order valence-electron chi connectivity index (χ1n) is 5.37. The summed E-state index contributed by atoms with van der Waals surface area (Å²) in [5.41, 5.74) is 0.382. The molecule has 108 valence electrons. The Balaban J connectivity index is 2.44. The fraction of sp³-hybridized carbons (Fsp3) is 0. The van der Waals surface area contributed by atoms with Gasteiger partial charge < -0.3 is 0 Å². The van der Waals surface area contributed by atoms with Gasteiger partial charge in [-0.1, -0.05) is 23.2 Å². The molecule has 0 amide bonds. The molecule has 0 saturated carbocycles. The SMILES string of the molecule is N#Cc1ccc(S(=O)(=O)Nc2cc(Br)cnc2Cl)c(Cl)c1. The van der Waals surface area contributed by atoms with Crippen LogP contribution in [0.1, 0.15) is 5.56 Å². The average Bonchev–Trinajstić information content (AvgIpc) is 2.42. The number of anilines is 1. The molecular formula is C12H6BrCl2N3O2S. The zero-order chi connectivity index (χ0) is 15.6. The largest absolute Gasteiger partial charge is 0.276 e. The molecule has 0 saturated heterocycles. The van der Waals surface area contributed by atoms with Crippen molar-refractivity contribution in [2.24, 2.45) is 0 Å². The van der Waals surface area contributed by atoms with Crippen molar-refractivity contribution in [2.45, 2.75) is 4.90 Å². The van der Waals surface area contributed by atoms with Crippen molar-refractivity contribution >= 4 is 54.8 Å². The lowest BCUT2D eigenvalue weighted by Crippen LogP contribution is -2.14. The molecule has 0 aliphatic rings. The second-order valence-corrected chi connectivity index (χ2v) is 7.19. The van der Waals surface area contributed by atoms with Crippen LogP contribution in [-0.2, 0) is 10.0 Å². The van der Waals surface area contributed by atoms with Gasteiger partial charge in [0.1, 0.15) is 4.90 Å². The van der Waals surface area contributed by atoms with Gasteiger partial charge in [0.15, 0.2) is 5.15 Å². The van der Waals surface area contributed by atoms with E-state index in [1.807, 2.05) is 6.07 Å². The third kappa shape index (κ3) is 3.66. The van der Waals surface area contributed by atoms with Crippen molar-refractivity contribution in [1.29, 1.82) is 5.26 Å². The summed E-state index contributed by atoms with van der Waals surface area (Å²) in [6.07, 6.45) is 1.44. The Labute approximate surface area is 139 Å². The van der Waals surface area contributed by atoms with Crippen molar-refractivity contribution in [3.05, 3.63) is 50.7 Å². The van der Waals surface area contributed by atoms with Gasteiger partial charge in [0, 0.05) is 10.7 Å². The Kier molecular flexibility index (Phi) is 4.74. The van der Waals surface area contributed by atoms with E-state index < -0.39 is 10.0 Å². The van der Waals surface area contributed by atoms with Crippen LogP contribution in [0, 0.1) is 11.3 Å². The monoisotopic (exact) mass is 405 g/mol. The lowest BCUT2D eigenvalue weighted by molar-refractivity contribution is 0.601. The number of rotatable bonds is 3. The molecule has 1 aromatic heterocycles. The van der Waals surface area contributed by atoms with Crippen LogP contribution >= 0.6 is 39.1 Å². The van der Waals surface area contributed by atoms with Gasteiger partial charge in [0.2, 0.25) is 0 Å². The number of sulfonamides is 1. The van der Waals surface area contributed by atoms with E-state index in [-0.39, 0.29) is 26.3 Å². The van der Waals surface area contributed by atoms with Crippen molar-refractivity contribution in [1.82, 2.24) is 4.98 Å². The molecule has 1 N–H and O–H groups in total. The zero-order valence-corrected chi connectivity index (χ0v) is 14.1. The third-order valence-electron chi connectivity index (χ3n) is 2.40. The minimum atomic E-state index is -3.94. The van der Waals surface area contributed by atoms with E-state index in [1.165, 1.54) is 30.5 Å². The van der Waals surface area contributed by atoms with E-state index in [0.717, 1.165) is 0 Å². The molecule has 0 bridgehead atoms. The predicted octanol–water partition coefficient (Wildman–Crippen LogP) is 3.82. The lowest BCUT2D eigenvalue weighted by atomic mass is 10.2. The van der Waals surface area contributed by atoms with E-state index in [1.54, 1.807) is 0 Å². The lowest BCUT2D eigenvalue weighted by Gasteiger charge is -2.10. The van der Waals surface area contributed by atoms with Crippen molar-refractivity contribution in [3.8, 4) is 6.07 Å². The van der Waals surface area contributed by atoms with Crippen molar-refractivity contribution in [3.63, 3.8) is 0 Å². The first-order chi connectivity index (χ1) is 9.83. The smallest absolute Gasteiger partial charge is 0.263 e. The molecule has 2 aromatic rings. The standard InChI is InChI=1S/C12H6BrCl2N3O2S/c13-8-4-10(12(15)17-6-8)18-21(19,20)11-2-1-7(5-16)3-9(11)14/h1-4,6,18H. The first-order valence-corrected chi connectivity index (χ1v) is 8.40. The summed E-state index contributed by atoms with van der Waals surface area (Å²) >= 11 is 14.9. The van der Waals surface area contributed by atoms with E-state index in [9.17, 15) is 8.42 Å².